The molecule has 0 spiro atoms. The summed E-state index contributed by atoms with van der Waals surface area (Å²) in [5.74, 6) is 2.16. The van der Waals surface area contributed by atoms with Gasteiger partial charge in [-0.1, -0.05) is 55.9 Å². The molecule has 2 heterocycles. The molecule has 2 aromatic heterocycles. The molecule has 1 saturated carbocycles. The van der Waals surface area contributed by atoms with Crippen molar-refractivity contribution in [3.8, 4) is 11.6 Å². The summed E-state index contributed by atoms with van der Waals surface area (Å²) in [5.41, 5.74) is 1.43. The quantitative estimate of drug-likeness (QED) is 0.537. The first-order valence-electron chi connectivity index (χ1n) is 9.99. The molecule has 1 amide bonds. The minimum Gasteiger partial charge on any atom is -0.461 e. The Kier molecular flexibility index (Phi) is 5.76. The van der Waals surface area contributed by atoms with Crippen molar-refractivity contribution < 1.29 is 9.21 Å². The van der Waals surface area contributed by atoms with E-state index in [1.165, 1.54) is 17.3 Å². The van der Waals surface area contributed by atoms with Crippen LogP contribution in [0.3, 0.4) is 0 Å². The van der Waals surface area contributed by atoms with E-state index in [4.69, 9.17) is 4.42 Å². The van der Waals surface area contributed by atoms with Crippen molar-refractivity contribution in [2.45, 2.75) is 43.8 Å². The van der Waals surface area contributed by atoms with Crippen molar-refractivity contribution in [1.29, 1.82) is 0 Å². The van der Waals surface area contributed by atoms with Gasteiger partial charge in [0.05, 0.1) is 12.0 Å². The molecule has 0 saturated heterocycles. The molecule has 3 aromatic rings. The lowest BCUT2D eigenvalue weighted by Crippen LogP contribution is -2.33. The van der Waals surface area contributed by atoms with Crippen LogP contribution in [0.15, 0.2) is 58.3 Å². The van der Waals surface area contributed by atoms with E-state index >= 15 is 0 Å². The second kappa shape index (κ2) is 8.45. The molecule has 0 unspecified atom stereocenters. The Hall–Kier alpha value is -2.54. The number of furan rings is 1. The van der Waals surface area contributed by atoms with E-state index < -0.39 is 0 Å². The Morgan fingerprint density at radius 1 is 1.21 bits per heavy atom. The third-order valence-electron chi connectivity index (χ3n) is 5.20. The van der Waals surface area contributed by atoms with E-state index in [0.717, 1.165) is 24.5 Å². The van der Waals surface area contributed by atoms with Crippen molar-refractivity contribution in [2.24, 2.45) is 5.92 Å². The molecule has 1 fully saturated rings. The standard InChI is InChI=1S/C22H26N4O2S/c1-16(2)13-26-20(18-9-6-12-28-18)24-25-21(26)29-14-19(27)23-15-22(10-11-22)17-7-4-3-5-8-17/h3-9,12,16H,10-11,13-15H2,1-2H3,(H,23,27). The van der Waals surface area contributed by atoms with E-state index in [9.17, 15) is 4.79 Å². The van der Waals surface area contributed by atoms with Gasteiger partial charge in [0.2, 0.25) is 5.91 Å². The predicted molar refractivity (Wildman–Crippen MR) is 114 cm³/mol. The van der Waals surface area contributed by atoms with Gasteiger partial charge >= 0.3 is 0 Å². The summed E-state index contributed by atoms with van der Waals surface area (Å²) < 4.78 is 7.53. The van der Waals surface area contributed by atoms with Crippen LogP contribution in [0.1, 0.15) is 32.3 Å². The van der Waals surface area contributed by atoms with Gasteiger partial charge in [0.15, 0.2) is 16.7 Å². The van der Waals surface area contributed by atoms with Crippen molar-refractivity contribution in [2.75, 3.05) is 12.3 Å². The molecule has 0 aliphatic heterocycles. The maximum absolute atomic E-state index is 12.5. The molecule has 4 rings (SSSR count). The average Bonchev–Trinajstić information content (AvgIpc) is 3.12. The van der Waals surface area contributed by atoms with E-state index in [2.05, 4.69) is 53.6 Å². The lowest BCUT2D eigenvalue weighted by molar-refractivity contribution is -0.118. The van der Waals surface area contributed by atoms with Crippen LogP contribution in [0.25, 0.3) is 11.6 Å². The van der Waals surface area contributed by atoms with Gasteiger partial charge in [-0.15, -0.1) is 10.2 Å². The van der Waals surface area contributed by atoms with Gasteiger partial charge in [-0.3, -0.25) is 9.36 Å². The van der Waals surface area contributed by atoms with Crippen LogP contribution >= 0.6 is 11.8 Å². The number of nitrogens with one attached hydrogen (secondary N) is 1. The van der Waals surface area contributed by atoms with Crippen molar-refractivity contribution in [1.82, 2.24) is 20.1 Å². The molecule has 0 radical (unpaired) electrons. The van der Waals surface area contributed by atoms with Gasteiger partial charge in [0.25, 0.3) is 0 Å². The second-order valence-corrected chi connectivity index (χ2v) is 8.94. The van der Waals surface area contributed by atoms with Gasteiger partial charge in [0, 0.05) is 18.5 Å². The van der Waals surface area contributed by atoms with Crippen LogP contribution in [-0.2, 0) is 16.8 Å². The molecule has 0 bridgehead atoms. The molecule has 6 nitrogen and oxygen atoms in total. The third-order valence-corrected chi connectivity index (χ3v) is 6.17. The van der Waals surface area contributed by atoms with Crippen LogP contribution in [0.4, 0.5) is 0 Å². The first-order chi connectivity index (χ1) is 14.1. The summed E-state index contributed by atoms with van der Waals surface area (Å²) >= 11 is 1.42. The first kappa shape index (κ1) is 19.8. The van der Waals surface area contributed by atoms with Gasteiger partial charge in [-0.2, -0.15) is 0 Å². The van der Waals surface area contributed by atoms with Gasteiger partial charge < -0.3 is 9.73 Å². The van der Waals surface area contributed by atoms with Crippen LogP contribution in [0.5, 0.6) is 0 Å². The third kappa shape index (κ3) is 4.56. The van der Waals surface area contributed by atoms with Crippen LogP contribution in [-0.4, -0.2) is 33.0 Å². The fraction of sp³-hybridized carbons (Fsp3) is 0.409. The highest BCUT2D eigenvalue weighted by Gasteiger charge is 2.44. The molecule has 29 heavy (non-hydrogen) atoms. The average molecular weight is 411 g/mol. The van der Waals surface area contributed by atoms with Crippen LogP contribution < -0.4 is 5.32 Å². The molecule has 152 valence electrons. The Morgan fingerprint density at radius 3 is 2.66 bits per heavy atom. The molecule has 1 aromatic carbocycles. The van der Waals surface area contributed by atoms with Crippen molar-refractivity contribution in [3.63, 3.8) is 0 Å². The fourth-order valence-electron chi connectivity index (χ4n) is 3.47. The van der Waals surface area contributed by atoms with Gasteiger partial charge in [-0.25, -0.2) is 0 Å². The van der Waals surface area contributed by atoms with E-state index in [1.807, 2.05) is 22.8 Å². The normalized spacial score (nSPS) is 14.9. The lowest BCUT2D eigenvalue weighted by atomic mass is 9.96. The smallest absolute Gasteiger partial charge is 0.230 e. The maximum atomic E-state index is 12.5. The highest BCUT2D eigenvalue weighted by molar-refractivity contribution is 7.99. The number of aromatic nitrogens is 3. The number of carbonyl (C=O) groups is 1. The highest BCUT2D eigenvalue weighted by atomic mass is 32.2. The molecule has 1 N–H and O–H groups in total. The number of amides is 1. The lowest BCUT2D eigenvalue weighted by Gasteiger charge is -2.16. The van der Waals surface area contributed by atoms with Gasteiger partial charge in [-0.05, 0) is 36.5 Å². The summed E-state index contributed by atoms with van der Waals surface area (Å²) in [7, 11) is 0. The summed E-state index contributed by atoms with van der Waals surface area (Å²) in [6.45, 7) is 5.74. The molecule has 1 aliphatic carbocycles. The Balaban J connectivity index is 1.37. The number of benzene rings is 1. The highest BCUT2D eigenvalue weighted by Crippen LogP contribution is 2.47. The fourth-order valence-corrected chi connectivity index (χ4v) is 4.25. The second-order valence-electron chi connectivity index (χ2n) is 8.00. The van der Waals surface area contributed by atoms with Gasteiger partial charge in [0.1, 0.15) is 0 Å². The Labute approximate surface area is 175 Å². The van der Waals surface area contributed by atoms with Crippen LogP contribution in [0, 0.1) is 5.92 Å². The zero-order valence-electron chi connectivity index (χ0n) is 16.8. The SMILES string of the molecule is CC(C)Cn1c(SCC(=O)NCC2(c3ccccc3)CC2)nnc1-c1ccco1. The first-order valence-corrected chi connectivity index (χ1v) is 11.0. The molecule has 0 atom stereocenters. The summed E-state index contributed by atoms with van der Waals surface area (Å²) in [6, 6.07) is 14.2. The molecular weight excluding hydrogens is 384 g/mol. The zero-order chi connectivity index (χ0) is 20.3. The number of hydrogen-bond donors (Lipinski definition) is 1. The summed E-state index contributed by atoms with van der Waals surface area (Å²) in [5, 5.41) is 12.4. The molecule has 1 aliphatic rings. The topological polar surface area (TPSA) is 73.0 Å². The number of hydrogen-bond acceptors (Lipinski definition) is 5. The van der Waals surface area contributed by atoms with E-state index in [-0.39, 0.29) is 11.3 Å². The zero-order valence-corrected chi connectivity index (χ0v) is 17.6. The Bertz CT molecular complexity index is 947. The maximum Gasteiger partial charge on any atom is 0.230 e. The molecule has 7 heteroatoms. The minimum atomic E-state index is 0.0239. The number of carbonyl (C=O) groups excluding carboxylic acids is 1. The van der Waals surface area contributed by atoms with E-state index in [1.54, 1.807) is 6.26 Å². The number of nitrogens with zero attached hydrogens (tertiary/aromatic N) is 3. The largest absolute Gasteiger partial charge is 0.461 e. The van der Waals surface area contributed by atoms with Crippen molar-refractivity contribution >= 4 is 17.7 Å². The van der Waals surface area contributed by atoms with Crippen LogP contribution in [0.2, 0.25) is 0 Å². The monoisotopic (exact) mass is 410 g/mol. The summed E-state index contributed by atoms with van der Waals surface area (Å²) in [6.07, 6.45) is 3.88. The minimum absolute atomic E-state index is 0.0239. The Morgan fingerprint density at radius 2 is 2.00 bits per heavy atom. The predicted octanol–water partition coefficient (Wildman–Crippen LogP) is 4.13. The van der Waals surface area contributed by atoms with Crippen molar-refractivity contribution in [3.05, 3.63) is 54.3 Å². The number of rotatable bonds is 9. The molecular formula is C22H26N4O2S. The van der Waals surface area contributed by atoms with E-state index in [0.29, 0.717) is 29.8 Å². The number of thioether (sulfide) groups is 1. The summed E-state index contributed by atoms with van der Waals surface area (Å²) in [4.78, 5) is 12.5.